The highest BCUT2D eigenvalue weighted by molar-refractivity contribution is 5.96. The van der Waals surface area contributed by atoms with Crippen molar-refractivity contribution in [1.29, 1.82) is 0 Å². The van der Waals surface area contributed by atoms with Gasteiger partial charge in [-0.05, 0) is 44.2 Å². The van der Waals surface area contributed by atoms with Gasteiger partial charge in [-0.25, -0.2) is 14.8 Å². The van der Waals surface area contributed by atoms with Crippen LogP contribution in [0.5, 0.6) is 5.75 Å². The molecule has 4 aromatic rings. The van der Waals surface area contributed by atoms with Gasteiger partial charge in [-0.1, -0.05) is 24.3 Å². The van der Waals surface area contributed by atoms with Crippen molar-refractivity contribution in [2.24, 2.45) is 0 Å². The fourth-order valence-corrected chi connectivity index (χ4v) is 4.90. The summed E-state index contributed by atoms with van der Waals surface area (Å²) in [5, 5.41) is 3.57. The molecule has 0 bridgehead atoms. The average molecular weight is 487 g/mol. The number of fused-ring (bicyclic) bond motifs is 1. The Kier molecular flexibility index (Phi) is 6.28. The lowest BCUT2D eigenvalue weighted by atomic mass is 10.1. The molecule has 0 aliphatic carbocycles. The number of hydrogen-bond donors (Lipinski definition) is 2. The number of hydrogen-bond acceptors (Lipinski definition) is 6. The number of carbonyl (C=O) groups is 2. The van der Waals surface area contributed by atoms with Crippen LogP contribution in [-0.4, -0.2) is 57.0 Å². The van der Waals surface area contributed by atoms with Crippen LogP contribution in [0.4, 0.5) is 16.3 Å². The van der Waals surface area contributed by atoms with E-state index in [2.05, 4.69) is 34.0 Å². The second kappa shape index (κ2) is 9.69. The first-order chi connectivity index (χ1) is 17.4. The molecule has 9 heteroatoms. The van der Waals surface area contributed by atoms with E-state index in [0.29, 0.717) is 30.2 Å². The molecule has 2 amide bonds. The summed E-state index contributed by atoms with van der Waals surface area (Å²) in [7, 11) is 0. The SMILES string of the molecule is CC(=O)N1[C@H](C)CN(c2cccc(-c3c[nH]c4ncc(NC(=O)Oc5ccccc5)cc34)n2)C[C@@H]1C.[HH]. The Hall–Kier alpha value is -4.40. The summed E-state index contributed by atoms with van der Waals surface area (Å²) in [6.45, 7) is 7.19. The Morgan fingerprint density at radius 1 is 1.08 bits per heavy atom. The highest BCUT2D eigenvalue weighted by atomic mass is 16.6. The number of ether oxygens (including phenoxy) is 1. The smallest absolute Gasteiger partial charge is 0.410 e. The van der Waals surface area contributed by atoms with E-state index in [1.807, 2.05) is 41.4 Å². The van der Waals surface area contributed by atoms with Gasteiger partial charge in [-0.3, -0.25) is 10.1 Å². The van der Waals surface area contributed by atoms with Gasteiger partial charge in [0.25, 0.3) is 0 Å². The van der Waals surface area contributed by atoms with Crippen LogP contribution in [0.15, 0.2) is 67.0 Å². The summed E-state index contributed by atoms with van der Waals surface area (Å²) >= 11 is 0. The zero-order chi connectivity index (χ0) is 25.2. The van der Waals surface area contributed by atoms with Crippen LogP contribution in [0.3, 0.4) is 0 Å². The van der Waals surface area contributed by atoms with Crippen LogP contribution in [0.2, 0.25) is 0 Å². The fraction of sp³-hybridized carbons (Fsp3) is 0.259. The van der Waals surface area contributed by atoms with Crippen LogP contribution in [-0.2, 0) is 4.79 Å². The third-order valence-corrected chi connectivity index (χ3v) is 6.35. The predicted octanol–water partition coefficient (Wildman–Crippen LogP) is 4.93. The van der Waals surface area contributed by atoms with Crippen molar-refractivity contribution in [1.82, 2.24) is 19.9 Å². The number of aromatic nitrogens is 3. The zero-order valence-electron chi connectivity index (χ0n) is 20.4. The number of rotatable bonds is 4. The van der Waals surface area contributed by atoms with Crippen molar-refractivity contribution in [3.05, 3.63) is 67.0 Å². The molecule has 5 rings (SSSR count). The lowest BCUT2D eigenvalue weighted by Crippen LogP contribution is -2.58. The van der Waals surface area contributed by atoms with E-state index >= 15 is 0 Å². The lowest BCUT2D eigenvalue weighted by Gasteiger charge is -2.44. The first-order valence-corrected chi connectivity index (χ1v) is 11.9. The summed E-state index contributed by atoms with van der Waals surface area (Å²) in [4.78, 5) is 41.1. The summed E-state index contributed by atoms with van der Waals surface area (Å²) < 4.78 is 5.32. The number of aromatic amines is 1. The van der Waals surface area contributed by atoms with Crippen LogP contribution >= 0.6 is 0 Å². The molecule has 1 aromatic carbocycles. The van der Waals surface area contributed by atoms with Crippen molar-refractivity contribution in [2.45, 2.75) is 32.9 Å². The van der Waals surface area contributed by atoms with E-state index in [0.717, 1.165) is 22.5 Å². The maximum Gasteiger partial charge on any atom is 0.417 e. The van der Waals surface area contributed by atoms with Crippen molar-refractivity contribution in [3.63, 3.8) is 0 Å². The second-order valence-corrected chi connectivity index (χ2v) is 9.06. The monoisotopic (exact) mass is 486 g/mol. The standard InChI is InChI=1S/C27H28N6O3.H2/c1-17-15-32(16-18(2)33(17)19(3)34)25-11-7-10-24(31-25)23-14-29-26-22(23)12-20(13-28-26)30-27(35)36-21-8-5-4-6-9-21;/h4-14,17-18H,15-16H2,1-3H3,(H,28,29)(H,30,35);1H/t17-,18+;. The van der Waals surface area contributed by atoms with Gasteiger partial charge < -0.3 is 19.5 Å². The molecular formula is C27H30N6O3. The van der Waals surface area contributed by atoms with Crippen LogP contribution < -0.4 is 15.0 Å². The van der Waals surface area contributed by atoms with Gasteiger partial charge in [-0.2, -0.15) is 0 Å². The average Bonchev–Trinajstić information content (AvgIpc) is 3.27. The third kappa shape index (κ3) is 4.72. The van der Waals surface area contributed by atoms with E-state index in [1.54, 1.807) is 37.4 Å². The van der Waals surface area contributed by atoms with Crippen LogP contribution in [0, 0.1) is 0 Å². The quantitative estimate of drug-likeness (QED) is 0.424. The van der Waals surface area contributed by atoms with Gasteiger partial charge in [0.1, 0.15) is 17.2 Å². The highest BCUT2D eigenvalue weighted by Crippen LogP contribution is 2.30. The Labute approximate surface area is 210 Å². The second-order valence-electron chi connectivity index (χ2n) is 9.06. The van der Waals surface area contributed by atoms with Gasteiger partial charge >= 0.3 is 6.09 Å². The molecule has 3 aromatic heterocycles. The summed E-state index contributed by atoms with van der Waals surface area (Å²) in [6, 6.07) is 16.9. The fourth-order valence-electron chi connectivity index (χ4n) is 4.90. The molecular weight excluding hydrogens is 456 g/mol. The molecule has 1 fully saturated rings. The topological polar surface area (TPSA) is 103 Å². The van der Waals surface area contributed by atoms with E-state index in [1.165, 1.54) is 0 Å². The van der Waals surface area contributed by atoms with Gasteiger partial charge in [0.15, 0.2) is 0 Å². The summed E-state index contributed by atoms with van der Waals surface area (Å²) in [6.07, 6.45) is 2.86. The van der Waals surface area contributed by atoms with Gasteiger partial charge in [-0.15, -0.1) is 0 Å². The first-order valence-electron chi connectivity index (χ1n) is 11.9. The Bertz CT molecular complexity index is 1400. The molecule has 0 unspecified atom stereocenters. The van der Waals surface area contributed by atoms with Crippen molar-refractivity contribution in [3.8, 4) is 17.0 Å². The molecule has 1 aliphatic rings. The number of amides is 2. The van der Waals surface area contributed by atoms with E-state index in [-0.39, 0.29) is 19.4 Å². The summed E-state index contributed by atoms with van der Waals surface area (Å²) in [5.74, 6) is 1.41. The number of pyridine rings is 2. The number of anilines is 2. The Morgan fingerprint density at radius 3 is 2.56 bits per heavy atom. The Balaban J connectivity index is 0.00000320. The van der Waals surface area contributed by atoms with Crippen LogP contribution in [0.25, 0.3) is 22.3 Å². The van der Waals surface area contributed by atoms with E-state index in [9.17, 15) is 9.59 Å². The maximum atomic E-state index is 12.3. The number of nitrogens with one attached hydrogen (secondary N) is 2. The minimum Gasteiger partial charge on any atom is -0.410 e. The first kappa shape index (κ1) is 23.3. The summed E-state index contributed by atoms with van der Waals surface area (Å²) in [5.41, 5.74) is 2.88. The molecule has 186 valence electrons. The maximum absolute atomic E-state index is 12.3. The molecule has 4 heterocycles. The highest BCUT2D eigenvalue weighted by Gasteiger charge is 2.31. The van der Waals surface area contributed by atoms with Gasteiger partial charge in [0, 0.05) is 50.7 Å². The number of H-pyrrole nitrogens is 1. The molecule has 0 saturated carbocycles. The Morgan fingerprint density at radius 2 is 1.83 bits per heavy atom. The number of carbonyl (C=O) groups excluding carboxylic acids is 2. The minimum atomic E-state index is -0.590. The van der Waals surface area contributed by atoms with Gasteiger partial charge in [0.05, 0.1) is 17.6 Å². The number of nitrogens with zero attached hydrogens (tertiary/aromatic N) is 4. The molecule has 9 nitrogen and oxygen atoms in total. The molecule has 1 saturated heterocycles. The van der Waals surface area contributed by atoms with Gasteiger partial charge in [0.2, 0.25) is 5.91 Å². The molecule has 0 spiro atoms. The largest absolute Gasteiger partial charge is 0.417 e. The molecule has 1 aliphatic heterocycles. The molecule has 0 radical (unpaired) electrons. The van der Waals surface area contributed by atoms with E-state index < -0.39 is 6.09 Å². The number of piperazine rings is 1. The normalized spacial score (nSPS) is 17.8. The number of para-hydroxylation sites is 1. The van der Waals surface area contributed by atoms with Crippen LogP contribution in [0.1, 0.15) is 22.2 Å². The van der Waals surface area contributed by atoms with Crippen molar-refractivity contribution in [2.75, 3.05) is 23.3 Å². The minimum absolute atomic E-state index is 0. The lowest BCUT2D eigenvalue weighted by molar-refractivity contribution is -0.133. The van der Waals surface area contributed by atoms with E-state index in [4.69, 9.17) is 9.72 Å². The van der Waals surface area contributed by atoms with Crippen molar-refractivity contribution < 1.29 is 15.8 Å². The zero-order valence-corrected chi connectivity index (χ0v) is 20.4. The predicted molar refractivity (Wildman–Crippen MR) is 141 cm³/mol. The van der Waals surface area contributed by atoms with Crippen molar-refractivity contribution >= 4 is 34.5 Å². The number of benzene rings is 1. The molecule has 2 atom stereocenters. The molecule has 36 heavy (non-hydrogen) atoms. The third-order valence-electron chi connectivity index (χ3n) is 6.35. The molecule has 2 N–H and O–H groups in total.